The van der Waals surface area contributed by atoms with Gasteiger partial charge in [0.1, 0.15) is 5.82 Å². The zero-order valence-electron chi connectivity index (χ0n) is 11.3. The number of ketones is 1. The molecule has 1 aromatic carbocycles. The van der Waals surface area contributed by atoms with E-state index in [1.807, 2.05) is 13.0 Å². The van der Waals surface area contributed by atoms with Crippen molar-refractivity contribution in [3.05, 3.63) is 59.2 Å². The highest BCUT2D eigenvalue weighted by molar-refractivity contribution is 5.95. The molecule has 1 aromatic heterocycles. The van der Waals surface area contributed by atoms with E-state index in [0.29, 0.717) is 29.7 Å². The number of aromatic nitrogens is 1. The molecular formula is C16H15FN2O. The van der Waals surface area contributed by atoms with Crippen molar-refractivity contribution in [2.24, 2.45) is 0 Å². The fourth-order valence-corrected chi connectivity index (χ4v) is 2.07. The maximum atomic E-state index is 13.2. The van der Waals surface area contributed by atoms with Crippen LogP contribution >= 0.6 is 0 Å². The van der Waals surface area contributed by atoms with Crippen molar-refractivity contribution in [1.82, 2.24) is 4.57 Å². The molecule has 0 saturated carbocycles. The molecule has 0 amide bonds. The van der Waals surface area contributed by atoms with Gasteiger partial charge in [-0.1, -0.05) is 6.92 Å². The van der Waals surface area contributed by atoms with Crippen molar-refractivity contribution in [1.29, 1.82) is 5.26 Å². The molecule has 0 unspecified atom stereocenters. The lowest BCUT2D eigenvalue weighted by Gasteiger charge is -2.05. The number of carbonyl (C=O) groups excluding carboxylic acids is 1. The maximum Gasteiger partial charge on any atom is 0.164 e. The van der Waals surface area contributed by atoms with Crippen molar-refractivity contribution in [3.63, 3.8) is 0 Å². The number of benzene rings is 1. The van der Waals surface area contributed by atoms with Gasteiger partial charge < -0.3 is 4.57 Å². The van der Waals surface area contributed by atoms with Crippen molar-refractivity contribution in [3.8, 4) is 6.07 Å². The van der Waals surface area contributed by atoms with Gasteiger partial charge in [-0.15, -0.1) is 0 Å². The highest BCUT2D eigenvalue weighted by Gasteiger charge is 2.08. The van der Waals surface area contributed by atoms with E-state index in [4.69, 9.17) is 5.26 Å². The molecule has 0 bridgehead atoms. The minimum Gasteiger partial charge on any atom is -0.349 e. The summed E-state index contributed by atoms with van der Waals surface area (Å²) >= 11 is 0. The summed E-state index contributed by atoms with van der Waals surface area (Å²) in [6, 6.07) is 7.89. The van der Waals surface area contributed by atoms with Crippen LogP contribution < -0.4 is 0 Å². The monoisotopic (exact) mass is 270 g/mol. The van der Waals surface area contributed by atoms with E-state index < -0.39 is 0 Å². The number of rotatable bonds is 5. The van der Waals surface area contributed by atoms with E-state index in [9.17, 15) is 9.18 Å². The molecule has 0 atom stereocenters. The minimum atomic E-state index is -0.367. The van der Waals surface area contributed by atoms with Crippen LogP contribution in [-0.4, -0.2) is 10.4 Å². The topological polar surface area (TPSA) is 45.8 Å². The van der Waals surface area contributed by atoms with Crippen molar-refractivity contribution < 1.29 is 9.18 Å². The predicted molar refractivity (Wildman–Crippen MR) is 73.9 cm³/mol. The Morgan fingerprint density at radius 2 is 2.20 bits per heavy atom. The fraction of sp³-hybridized carbons (Fsp3) is 0.250. The molecule has 2 aromatic rings. The largest absolute Gasteiger partial charge is 0.349 e. The van der Waals surface area contributed by atoms with Crippen LogP contribution in [0.1, 0.15) is 41.3 Å². The van der Waals surface area contributed by atoms with Crippen LogP contribution in [0.4, 0.5) is 4.39 Å². The number of halogens is 1. The average molecular weight is 270 g/mol. The van der Waals surface area contributed by atoms with Gasteiger partial charge in [-0.05, 0) is 36.2 Å². The van der Waals surface area contributed by atoms with E-state index in [2.05, 4.69) is 0 Å². The molecule has 0 N–H and O–H groups in total. The lowest BCUT2D eigenvalue weighted by Crippen LogP contribution is -2.01. The lowest BCUT2D eigenvalue weighted by molar-refractivity contribution is 0.0981. The van der Waals surface area contributed by atoms with Gasteiger partial charge in [0.15, 0.2) is 5.78 Å². The molecule has 102 valence electrons. The highest BCUT2D eigenvalue weighted by Crippen LogP contribution is 2.14. The lowest BCUT2D eigenvalue weighted by atomic mass is 10.1. The summed E-state index contributed by atoms with van der Waals surface area (Å²) in [5, 5.41) is 9.01. The minimum absolute atomic E-state index is 0.103. The Labute approximate surface area is 117 Å². The van der Waals surface area contributed by atoms with Crippen LogP contribution in [0.15, 0.2) is 36.7 Å². The van der Waals surface area contributed by atoms with Crippen molar-refractivity contribution in [2.45, 2.75) is 26.3 Å². The van der Waals surface area contributed by atoms with Crippen LogP contribution in [0, 0.1) is 17.1 Å². The van der Waals surface area contributed by atoms with Crippen LogP contribution in [0.25, 0.3) is 0 Å². The van der Waals surface area contributed by atoms with Crippen LogP contribution in [0.5, 0.6) is 0 Å². The Hall–Kier alpha value is -2.41. The molecule has 4 heteroatoms. The molecular weight excluding hydrogens is 255 g/mol. The fourth-order valence-electron chi connectivity index (χ4n) is 2.07. The van der Waals surface area contributed by atoms with Crippen molar-refractivity contribution >= 4 is 5.78 Å². The summed E-state index contributed by atoms with van der Waals surface area (Å²) in [6.45, 7) is 2.33. The number of hydrogen-bond acceptors (Lipinski definition) is 2. The zero-order valence-corrected chi connectivity index (χ0v) is 11.3. The van der Waals surface area contributed by atoms with E-state index in [1.54, 1.807) is 23.0 Å². The first-order valence-corrected chi connectivity index (χ1v) is 6.51. The molecule has 0 aliphatic heterocycles. The molecule has 0 fully saturated rings. The Bertz CT molecular complexity index is 667. The molecule has 0 saturated heterocycles. The van der Waals surface area contributed by atoms with Gasteiger partial charge in [-0.3, -0.25) is 4.79 Å². The summed E-state index contributed by atoms with van der Waals surface area (Å²) in [7, 11) is 0. The van der Waals surface area contributed by atoms with Crippen LogP contribution in [0.3, 0.4) is 0 Å². The predicted octanol–water partition coefficient (Wildman–Crippen LogP) is 3.53. The average Bonchev–Trinajstić information content (AvgIpc) is 2.88. The van der Waals surface area contributed by atoms with Gasteiger partial charge >= 0.3 is 0 Å². The SMILES string of the molecule is CCCC(=O)c1ccn(Cc2cc(F)ccc2C#N)c1. The van der Waals surface area contributed by atoms with E-state index in [0.717, 1.165) is 6.42 Å². The van der Waals surface area contributed by atoms with Gasteiger partial charge in [0.05, 0.1) is 11.6 Å². The Balaban J connectivity index is 2.21. The normalized spacial score (nSPS) is 10.2. The first kappa shape index (κ1) is 14.0. The smallest absolute Gasteiger partial charge is 0.164 e. The van der Waals surface area contributed by atoms with Gasteiger partial charge in [-0.25, -0.2) is 4.39 Å². The Morgan fingerprint density at radius 3 is 2.90 bits per heavy atom. The van der Waals surface area contributed by atoms with Crippen LogP contribution in [-0.2, 0) is 6.54 Å². The van der Waals surface area contributed by atoms with Gasteiger partial charge in [0.2, 0.25) is 0 Å². The number of nitriles is 1. The molecule has 0 radical (unpaired) electrons. The number of nitrogens with zero attached hydrogens (tertiary/aromatic N) is 2. The Morgan fingerprint density at radius 1 is 1.40 bits per heavy atom. The third kappa shape index (κ3) is 3.12. The van der Waals surface area contributed by atoms with Gasteiger partial charge in [0.25, 0.3) is 0 Å². The third-order valence-corrected chi connectivity index (χ3v) is 3.09. The summed E-state index contributed by atoms with van der Waals surface area (Å²) in [6.07, 6.45) is 4.85. The molecule has 3 nitrogen and oxygen atoms in total. The molecule has 0 aliphatic rings. The zero-order chi connectivity index (χ0) is 14.5. The number of carbonyl (C=O) groups is 1. The summed E-state index contributed by atoms with van der Waals surface area (Å²) < 4.78 is 15.0. The third-order valence-electron chi connectivity index (χ3n) is 3.09. The number of hydrogen-bond donors (Lipinski definition) is 0. The van der Waals surface area contributed by atoms with E-state index in [1.165, 1.54) is 18.2 Å². The summed E-state index contributed by atoms with van der Waals surface area (Å²) in [5.41, 5.74) is 1.71. The maximum absolute atomic E-state index is 13.2. The van der Waals surface area contributed by atoms with E-state index >= 15 is 0 Å². The second-order valence-electron chi connectivity index (χ2n) is 4.66. The van der Waals surface area contributed by atoms with Crippen molar-refractivity contribution in [2.75, 3.05) is 0 Å². The first-order valence-electron chi connectivity index (χ1n) is 6.51. The second-order valence-corrected chi connectivity index (χ2v) is 4.66. The molecule has 20 heavy (non-hydrogen) atoms. The number of Topliss-reactive ketones (excluding diaryl/α,β-unsaturated/α-hetero) is 1. The van der Waals surface area contributed by atoms with Gasteiger partial charge in [-0.2, -0.15) is 5.26 Å². The standard InChI is InChI=1S/C16H15FN2O/c1-2-3-16(20)13-6-7-19(10-13)11-14-8-15(17)5-4-12(14)9-18/h4-8,10H,2-3,11H2,1H3. The van der Waals surface area contributed by atoms with E-state index in [-0.39, 0.29) is 11.6 Å². The summed E-state index contributed by atoms with van der Waals surface area (Å²) in [4.78, 5) is 11.8. The molecule has 0 aliphatic carbocycles. The highest BCUT2D eigenvalue weighted by atomic mass is 19.1. The molecule has 1 heterocycles. The molecule has 0 spiro atoms. The quantitative estimate of drug-likeness (QED) is 0.780. The molecule has 2 rings (SSSR count). The van der Waals surface area contributed by atoms with Gasteiger partial charge in [0, 0.05) is 30.9 Å². The summed E-state index contributed by atoms with van der Waals surface area (Å²) in [5.74, 6) is -0.264. The van der Waals surface area contributed by atoms with Crippen LogP contribution in [0.2, 0.25) is 0 Å². The first-order chi connectivity index (χ1) is 9.63. The Kier molecular flexibility index (Phi) is 4.31. The second kappa shape index (κ2) is 6.16.